The molecule has 2 aromatic carbocycles. The van der Waals surface area contributed by atoms with Crippen molar-refractivity contribution < 1.29 is 4.79 Å². The summed E-state index contributed by atoms with van der Waals surface area (Å²) in [6.45, 7) is 0. The second kappa shape index (κ2) is 8.73. The molecule has 4 aromatic rings. The molecular formula is C19H12Cl4N6O. The van der Waals surface area contributed by atoms with Gasteiger partial charge < -0.3 is 0 Å². The molecule has 2 heterocycles. The number of hydrogen-bond acceptors (Lipinski definition) is 5. The van der Waals surface area contributed by atoms with E-state index in [9.17, 15) is 4.79 Å². The molecule has 0 aliphatic carbocycles. The first-order valence-corrected chi connectivity index (χ1v) is 10.1. The minimum atomic E-state index is -0.918. The maximum Gasteiger partial charge on any atom is 0.191 e. The zero-order chi connectivity index (χ0) is 21.3. The van der Waals surface area contributed by atoms with Gasteiger partial charge in [0.1, 0.15) is 37.4 Å². The normalized spacial score (nSPS) is 13.2. The molecule has 0 saturated heterocycles. The van der Waals surface area contributed by atoms with Crippen molar-refractivity contribution in [3.05, 3.63) is 92.9 Å². The molecule has 7 nitrogen and oxygen atoms in total. The number of halogens is 4. The van der Waals surface area contributed by atoms with Gasteiger partial charge in [-0.3, -0.25) is 4.79 Å². The van der Waals surface area contributed by atoms with Gasteiger partial charge >= 0.3 is 0 Å². The van der Waals surface area contributed by atoms with Crippen LogP contribution in [0.25, 0.3) is 0 Å². The molecule has 0 saturated carbocycles. The van der Waals surface area contributed by atoms with Gasteiger partial charge in [-0.05, 0) is 24.3 Å². The lowest BCUT2D eigenvalue weighted by molar-refractivity contribution is -0.123. The van der Waals surface area contributed by atoms with Crippen LogP contribution >= 0.6 is 46.4 Å². The van der Waals surface area contributed by atoms with Gasteiger partial charge in [0.2, 0.25) is 0 Å². The van der Waals surface area contributed by atoms with Crippen molar-refractivity contribution >= 4 is 52.2 Å². The van der Waals surface area contributed by atoms with Crippen LogP contribution in [-0.4, -0.2) is 35.3 Å². The van der Waals surface area contributed by atoms with Gasteiger partial charge in [0.25, 0.3) is 0 Å². The average molecular weight is 482 g/mol. The van der Waals surface area contributed by atoms with E-state index < -0.39 is 12.1 Å². The van der Waals surface area contributed by atoms with E-state index in [1.807, 2.05) is 0 Å². The van der Waals surface area contributed by atoms with E-state index >= 15 is 0 Å². The first kappa shape index (κ1) is 20.8. The van der Waals surface area contributed by atoms with E-state index in [0.717, 1.165) is 0 Å². The zero-order valence-electron chi connectivity index (χ0n) is 15.0. The summed E-state index contributed by atoms with van der Waals surface area (Å²) in [6, 6.07) is 7.95. The average Bonchev–Trinajstić information content (AvgIpc) is 3.40. The number of nitrogens with zero attached hydrogens (tertiary/aromatic N) is 6. The van der Waals surface area contributed by atoms with Gasteiger partial charge in [-0.15, -0.1) is 0 Å². The highest BCUT2D eigenvalue weighted by molar-refractivity contribution is 6.36. The molecule has 30 heavy (non-hydrogen) atoms. The Morgan fingerprint density at radius 3 is 1.50 bits per heavy atom. The summed E-state index contributed by atoms with van der Waals surface area (Å²) in [6.07, 6.45) is 5.55. The second-order valence-corrected chi connectivity index (χ2v) is 7.98. The molecule has 0 radical (unpaired) electrons. The molecule has 0 aliphatic heterocycles. The third-order valence-electron chi connectivity index (χ3n) is 4.46. The molecule has 11 heteroatoms. The highest BCUT2D eigenvalue weighted by atomic mass is 35.5. The first-order chi connectivity index (χ1) is 14.5. The Hall–Kier alpha value is -2.45. The predicted molar refractivity (Wildman–Crippen MR) is 114 cm³/mol. The van der Waals surface area contributed by atoms with Crippen LogP contribution in [0.3, 0.4) is 0 Å². The molecule has 152 valence electrons. The van der Waals surface area contributed by atoms with Crippen molar-refractivity contribution in [2.45, 2.75) is 12.1 Å². The van der Waals surface area contributed by atoms with Crippen LogP contribution in [0.2, 0.25) is 20.1 Å². The molecule has 2 unspecified atom stereocenters. The molecule has 4 rings (SSSR count). The van der Waals surface area contributed by atoms with Crippen LogP contribution < -0.4 is 0 Å². The number of benzene rings is 2. The lowest BCUT2D eigenvalue weighted by atomic mass is 9.93. The van der Waals surface area contributed by atoms with Crippen molar-refractivity contribution in [1.82, 2.24) is 29.5 Å². The Morgan fingerprint density at radius 1 is 0.733 bits per heavy atom. The Bertz CT molecular complexity index is 1090. The highest BCUT2D eigenvalue weighted by Gasteiger charge is 2.35. The van der Waals surface area contributed by atoms with E-state index in [4.69, 9.17) is 46.4 Å². The van der Waals surface area contributed by atoms with Gasteiger partial charge in [0.15, 0.2) is 5.78 Å². The van der Waals surface area contributed by atoms with Crippen molar-refractivity contribution in [2.24, 2.45) is 0 Å². The Morgan fingerprint density at radius 2 is 1.17 bits per heavy atom. The quantitative estimate of drug-likeness (QED) is 0.390. The van der Waals surface area contributed by atoms with Crippen molar-refractivity contribution in [1.29, 1.82) is 0 Å². The van der Waals surface area contributed by atoms with E-state index in [1.165, 1.54) is 34.7 Å². The minimum Gasteiger partial charge on any atom is -0.294 e. The molecule has 0 amide bonds. The first-order valence-electron chi connectivity index (χ1n) is 8.57. The summed E-state index contributed by atoms with van der Waals surface area (Å²) in [5.74, 6) is -0.306. The fraction of sp³-hybridized carbons (Fsp3) is 0.105. The summed E-state index contributed by atoms with van der Waals surface area (Å²) in [5, 5.41) is 9.85. The second-order valence-electron chi connectivity index (χ2n) is 6.29. The van der Waals surface area contributed by atoms with Crippen LogP contribution in [-0.2, 0) is 4.79 Å². The van der Waals surface area contributed by atoms with Crippen LogP contribution in [0.5, 0.6) is 0 Å². The largest absolute Gasteiger partial charge is 0.294 e. The topological polar surface area (TPSA) is 78.5 Å². The number of aromatic nitrogens is 6. The number of rotatable bonds is 6. The maximum atomic E-state index is 14.0. The fourth-order valence-corrected chi connectivity index (χ4v) is 4.17. The Balaban J connectivity index is 1.89. The van der Waals surface area contributed by atoms with E-state index in [0.29, 0.717) is 31.2 Å². The van der Waals surface area contributed by atoms with Gasteiger partial charge in [-0.2, -0.15) is 10.2 Å². The van der Waals surface area contributed by atoms with E-state index in [-0.39, 0.29) is 5.78 Å². The number of hydrogen-bond donors (Lipinski definition) is 0. The SMILES string of the molecule is O=C(C(c1ccc(Cl)cc1Cl)n1cncn1)C(c1ccc(Cl)cc1Cl)n1cncn1. The number of carbonyl (C=O) groups is 1. The molecule has 0 fully saturated rings. The van der Waals surface area contributed by atoms with E-state index in [1.54, 1.807) is 36.4 Å². The smallest absolute Gasteiger partial charge is 0.191 e. The molecular weight excluding hydrogens is 470 g/mol. The summed E-state index contributed by atoms with van der Waals surface area (Å²) < 4.78 is 2.84. The van der Waals surface area contributed by atoms with Crippen molar-refractivity contribution in [2.75, 3.05) is 0 Å². The lowest BCUT2D eigenvalue weighted by Gasteiger charge is -2.24. The van der Waals surface area contributed by atoms with Gasteiger partial charge in [-0.25, -0.2) is 19.3 Å². The van der Waals surface area contributed by atoms with Crippen molar-refractivity contribution in [3.8, 4) is 0 Å². The van der Waals surface area contributed by atoms with Gasteiger partial charge in [0.05, 0.1) is 0 Å². The third kappa shape index (κ3) is 4.06. The number of ketones is 1. The summed E-state index contributed by atoms with van der Waals surface area (Å²) in [7, 11) is 0. The summed E-state index contributed by atoms with van der Waals surface area (Å²) in [4.78, 5) is 21.9. The molecule has 0 aliphatic rings. The maximum absolute atomic E-state index is 14.0. The minimum absolute atomic E-state index is 0.306. The Kier molecular flexibility index (Phi) is 6.06. The summed E-state index contributed by atoms with van der Waals surface area (Å²) in [5.41, 5.74) is 1.01. The Labute approximate surface area is 191 Å². The number of Topliss-reactive ketones (excluding diaryl/α,β-unsaturated/α-hetero) is 1. The third-order valence-corrected chi connectivity index (χ3v) is 5.58. The van der Waals surface area contributed by atoms with Gasteiger partial charge in [0, 0.05) is 31.2 Å². The summed E-state index contributed by atoms with van der Waals surface area (Å²) >= 11 is 25.0. The monoisotopic (exact) mass is 480 g/mol. The predicted octanol–water partition coefficient (Wildman–Crippen LogP) is 4.93. The molecule has 0 N–H and O–H groups in total. The zero-order valence-corrected chi connectivity index (χ0v) is 18.1. The van der Waals surface area contributed by atoms with E-state index in [2.05, 4.69) is 20.2 Å². The highest BCUT2D eigenvalue weighted by Crippen LogP contribution is 2.36. The number of carbonyl (C=O) groups excluding carboxylic acids is 1. The molecule has 0 spiro atoms. The van der Waals surface area contributed by atoms with Crippen LogP contribution in [0.1, 0.15) is 23.2 Å². The molecule has 2 atom stereocenters. The van der Waals surface area contributed by atoms with Crippen molar-refractivity contribution in [3.63, 3.8) is 0 Å². The van der Waals surface area contributed by atoms with Crippen LogP contribution in [0, 0.1) is 0 Å². The molecule has 2 aromatic heterocycles. The molecule has 0 bridgehead atoms. The van der Waals surface area contributed by atoms with Gasteiger partial charge in [-0.1, -0.05) is 58.5 Å². The standard InChI is InChI=1S/C19H12Cl4N6O/c20-11-1-3-13(15(22)5-11)17(28-9-24-7-26-28)19(30)18(29-10-25-8-27-29)14-4-2-12(21)6-16(14)23/h1-10,17-18H. The fourth-order valence-electron chi connectivity index (χ4n) is 3.15. The van der Waals surface area contributed by atoms with Crippen LogP contribution in [0.15, 0.2) is 61.7 Å². The van der Waals surface area contributed by atoms with Crippen LogP contribution in [0.4, 0.5) is 0 Å². The lowest BCUT2D eigenvalue weighted by Crippen LogP contribution is -2.31.